The molecule has 0 radical (unpaired) electrons. The number of benzene rings is 1. The molecular weight excluding hydrogens is 253 g/mol. The molecule has 2 heterocycles. The Morgan fingerprint density at radius 2 is 2.10 bits per heavy atom. The van der Waals surface area contributed by atoms with Crippen LogP contribution in [-0.4, -0.2) is 11.5 Å². The Balaban J connectivity index is 1.68. The molecule has 3 nitrogen and oxygen atoms in total. The van der Waals surface area contributed by atoms with Crippen molar-refractivity contribution in [1.82, 2.24) is 10.3 Å². The van der Waals surface area contributed by atoms with Gasteiger partial charge >= 0.3 is 0 Å². The van der Waals surface area contributed by atoms with Gasteiger partial charge in [0, 0.05) is 18.2 Å². The number of hydrogen-bond donors (Lipinski definition) is 2. The summed E-state index contributed by atoms with van der Waals surface area (Å²) in [5, 5.41) is 6.62. The first-order valence-corrected chi connectivity index (χ1v) is 7.00. The van der Waals surface area contributed by atoms with E-state index >= 15 is 0 Å². The molecule has 0 bridgehead atoms. The van der Waals surface area contributed by atoms with Gasteiger partial charge in [0.2, 0.25) is 0 Å². The standard InChI is InChI=1S/C16H18FN3/c17-13-6-2-1-5-12(13)11-19-16-9-3-7-15(20-16)14-8-4-10-18-14/h1-3,5-7,9,14,18H,4,8,10-11H2,(H,19,20). The number of halogens is 1. The van der Waals surface area contributed by atoms with Gasteiger partial charge in [-0.05, 0) is 37.6 Å². The second-order valence-corrected chi connectivity index (χ2v) is 5.04. The van der Waals surface area contributed by atoms with Crippen molar-refractivity contribution in [1.29, 1.82) is 0 Å². The topological polar surface area (TPSA) is 37.0 Å². The summed E-state index contributed by atoms with van der Waals surface area (Å²) in [7, 11) is 0. The molecule has 1 aromatic carbocycles. The van der Waals surface area contributed by atoms with Gasteiger partial charge in [0.05, 0.1) is 5.69 Å². The van der Waals surface area contributed by atoms with Crippen LogP contribution in [0.5, 0.6) is 0 Å². The Hall–Kier alpha value is -1.94. The quantitative estimate of drug-likeness (QED) is 0.896. The van der Waals surface area contributed by atoms with E-state index in [1.54, 1.807) is 12.1 Å². The Bertz CT molecular complexity index is 579. The van der Waals surface area contributed by atoms with Crippen LogP contribution in [0.3, 0.4) is 0 Å². The van der Waals surface area contributed by atoms with E-state index in [1.165, 1.54) is 12.5 Å². The molecule has 3 rings (SSSR count). The summed E-state index contributed by atoms with van der Waals surface area (Å²) in [6, 6.07) is 13.1. The first-order valence-electron chi connectivity index (χ1n) is 7.00. The van der Waals surface area contributed by atoms with E-state index in [2.05, 4.69) is 15.6 Å². The van der Waals surface area contributed by atoms with Crippen LogP contribution >= 0.6 is 0 Å². The first kappa shape index (κ1) is 13.1. The van der Waals surface area contributed by atoms with Gasteiger partial charge in [-0.25, -0.2) is 9.37 Å². The van der Waals surface area contributed by atoms with Crippen molar-refractivity contribution in [3.8, 4) is 0 Å². The highest BCUT2D eigenvalue weighted by Gasteiger charge is 2.17. The predicted molar refractivity (Wildman–Crippen MR) is 77.9 cm³/mol. The van der Waals surface area contributed by atoms with Gasteiger partial charge in [-0.3, -0.25) is 0 Å². The van der Waals surface area contributed by atoms with Crippen LogP contribution in [0.1, 0.15) is 30.1 Å². The van der Waals surface area contributed by atoms with Crippen molar-refractivity contribution >= 4 is 5.82 Å². The van der Waals surface area contributed by atoms with Crippen molar-refractivity contribution < 1.29 is 4.39 Å². The van der Waals surface area contributed by atoms with E-state index in [1.807, 2.05) is 24.3 Å². The summed E-state index contributed by atoms with van der Waals surface area (Å²) >= 11 is 0. The van der Waals surface area contributed by atoms with Crippen LogP contribution < -0.4 is 10.6 Å². The van der Waals surface area contributed by atoms with E-state index in [4.69, 9.17) is 0 Å². The van der Waals surface area contributed by atoms with Crippen molar-refractivity contribution in [2.75, 3.05) is 11.9 Å². The summed E-state index contributed by atoms with van der Waals surface area (Å²) in [5.41, 5.74) is 1.71. The number of nitrogens with one attached hydrogen (secondary N) is 2. The third-order valence-corrected chi connectivity index (χ3v) is 3.61. The maximum absolute atomic E-state index is 13.5. The fraction of sp³-hybridized carbons (Fsp3) is 0.312. The second-order valence-electron chi connectivity index (χ2n) is 5.04. The fourth-order valence-electron chi connectivity index (χ4n) is 2.51. The van der Waals surface area contributed by atoms with Gasteiger partial charge in [0.25, 0.3) is 0 Å². The van der Waals surface area contributed by atoms with Gasteiger partial charge in [-0.2, -0.15) is 0 Å². The third-order valence-electron chi connectivity index (χ3n) is 3.61. The second kappa shape index (κ2) is 6.01. The molecule has 1 aliphatic rings. The van der Waals surface area contributed by atoms with Crippen LogP contribution in [-0.2, 0) is 6.54 Å². The third kappa shape index (κ3) is 2.96. The van der Waals surface area contributed by atoms with E-state index in [-0.39, 0.29) is 5.82 Å². The summed E-state index contributed by atoms with van der Waals surface area (Å²) in [6.07, 6.45) is 2.32. The minimum absolute atomic E-state index is 0.186. The summed E-state index contributed by atoms with van der Waals surface area (Å²) in [5.74, 6) is 0.605. The van der Waals surface area contributed by atoms with Crippen molar-refractivity contribution in [3.63, 3.8) is 0 Å². The highest BCUT2D eigenvalue weighted by Crippen LogP contribution is 2.22. The first-order chi connectivity index (χ1) is 9.83. The molecule has 20 heavy (non-hydrogen) atoms. The summed E-state index contributed by atoms with van der Waals surface area (Å²) in [4.78, 5) is 4.60. The minimum atomic E-state index is -0.186. The Morgan fingerprint density at radius 1 is 1.20 bits per heavy atom. The molecule has 1 atom stereocenters. The van der Waals surface area contributed by atoms with Gasteiger partial charge in [-0.15, -0.1) is 0 Å². The molecule has 0 amide bonds. The molecule has 2 N–H and O–H groups in total. The Labute approximate surface area is 118 Å². The molecule has 2 aromatic rings. The predicted octanol–water partition coefficient (Wildman–Crippen LogP) is 3.26. The lowest BCUT2D eigenvalue weighted by molar-refractivity contribution is 0.612. The number of aromatic nitrogens is 1. The average molecular weight is 271 g/mol. The Kier molecular flexibility index (Phi) is 3.92. The molecule has 4 heteroatoms. The smallest absolute Gasteiger partial charge is 0.128 e. The number of hydrogen-bond acceptors (Lipinski definition) is 3. The molecule has 1 saturated heterocycles. The lowest BCUT2D eigenvalue weighted by Gasteiger charge is -2.12. The molecule has 104 valence electrons. The minimum Gasteiger partial charge on any atom is -0.366 e. The number of rotatable bonds is 4. The zero-order valence-electron chi connectivity index (χ0n) is 11.3. The maximum Gasteiger partial charge on any atom is 0.128 e. The van der Waals surface area contributed by atoms with Crippen molar-refractivity contribution in [3.05, 3.63) is 59.5 Å². The monoisotopic (exact) mass is 271 g/mol. The molecular formula is C16H18FN3. The lowest BCUT2D eigenvalue weighted by atomic mass is 10.1. The van der Waals surface area contributed by atoms with Gasteiger partial charge in [0.15, 0.2) is 0 Å². The van der Waals surface area contributed by atoms with E-state index in [9.17, 15) is 4.39 Å². The zero-order chi connectivity index (χ0) is 13.8. The molecule has 0 spiro atoms. The van der Waals surface area contributed by atoms with Crippen LogP contribution in [0.2, 0.25) is 0 Å². The summed E-state index contributed by atoms with van der Waals surface area (Å²) in [6.45, 7) is 1.50. The Morgan fingerprint density at radius 3 is 2.90 bits per heavy atom. The van der Waals surface area contributed by atoms with Gasteiger partial charge in [0.1, 0.15) is 11.6 Å². The molecule has 1 fully saturated rings. The summed E-state index contributed by atoms with van der Waals surface area (Å²) < 4.78 is 13.5. The van der Waals surface area contributed by atoms with Crippen molar-refractivity contribution in [2.45, 2.75) is 25.4 Å². The fourth-order valence-corrected chi connectivity index (χ4v) is 2.51. The van der Waals surface area contributed by atoms with Crippen LogP contribution in [0.4, 0.5) is 10.2 Å². The van der Waals surface area contributed by atoms with Crippen LogP contribution in [0, 0.1) is 5.82 Å². The van der Waals surface area contributed by atoms with Gasteiger partial charge < -0.3 is 10.6 Å². The largest absolute Gasteiger partial charge is 0.366 e. The normalized spacial score (nSPS) is 18.1. The van der Waals surface area contributed by atoms with E-state index in [0.717, 1.165) is 24.5 Å². The molecule has 0 saturated carbocycles. The zero-order valence-corrected chi connectivity index (χ0v) is 11.3. The lowest BCUT2D eigenvalue weighted by Crippen LogP contribution is -2.15. The van der Waals surface area contributed by atoms with Crippen molar-refractivity contribution in [2.24, 2.45) is 0 Å². The van der Waals surface area contributed by atoms with Crippen LogP contribution in [0.15, 0.2) is 42.5 Å². The van der Waals surface area contributed by atoms with E-state index in [0.29, 0.717) is 18.2 Å². The number of pyridine rings is 1. The van der Waals surface area contributed by atoms with E-state index < -0.39 is 0 Å². The average Bonchev–Trinajstić information content (AvgIpc) is 3.01. The molecule has 1 aliphatic heterocycles. The number of anilines is 1. The number of nitrogens with zero attached hydrogens (tertiary/aromatic N) is 1. The molecule has 0 aliphatic carbocycles. The van der Waals surface area contributed by atoms with Gasteiger partial charge in [-0.1, -0.05) is 24.3 Å². The highest BCUT2D eigenvalue weighted by atomic mass is 19.1. The van der Waals surface area contributed by atoms with Crippen LogP contribution in [0.25, 0.3) is 0 Å². The molecule has 1 aromatic heterocycles. The highest BCUT2D eigenvalue weighted by molar-refractivity contribution is 5.37. The molecule has 1 unspecified atom stereocenters. The maximum atomic E-state index is 13.5. The SMILES string of the molecule is Fc1ccccc1CNc1cccc(C2CCCN2)n1.